The fourth-order valence-corrected chi connectivity index (χ4v) is 4.29. The van der Waals surface area contributed by atoms with Gasteiger partial charge in [-0.15, -0.1) is 5.10 Å². The number of carbonyl (C=O) groups excluding carboxylic acids is 1. The van der Waals surface area contributed by atoms with E-state index in [9.17, 15) is 4.79 Å². The van der Waals surface area contributed by atoms with Crippen molar-refractivity contribution in [1.29, 1.82) is 0 Å². The summed E-state index contributed by atoms with van der Waals surface area (Å²) < 4.78 is 7.69. The normalized spacial score (nSPS) is 14.8. The Morgan fingerprint density at radius 2 is 1.77 bits per heavy atom. The van der Waals surface area contributed by atoms with E-state index in [1.54, 1.807) is 16.8 Å². The summed E-state index contributed by atoms with van der Waals surface area (Å²) >= 11 is 6.07. The van der Waals surface area contributed by atoms with E-state index in [-0.39, 0.29) is 5.91 Å². The monoisotopic (exact) mass is 485 g/mol. The Kier molecular flexibility index (Phi) is 6.25. The van der Waals surface area contributed by atoms with E-state index in [1.165, 1.54) is 0 Å². The van der Waals surface area contributed by atoms with Gasteiger partial charge in [-0.3, -0.25) is 4.79 Å². The molecule has 0 radical (unpaired) electrons. The zero-order chi connectivity index (χ0) is 24.4. The number of hydrogen-bond acceptors (Lipinski definition) is 5. The van der Waals surface area contributed by atoms with Gasteiger partial charge >= 0.3 is 0 Å². The molecule has 7 nitrogen and oxygen atoms in total. The summed E-state index contributed by atoms with van der Waals surface area (Å²) in [6.45, 7) is 4.30. The van der Waals surface area contributed by atoms with Crippen LogP contribution in [0.5, 0.6) is 5.75 Å². The largest absolute Gasteiger partial charge is 0.494 e. The average Bonchev–Trinajstić information content (AvgIpc) is 3.28. The van der Waals surface area contributed by atoms with Crippen molar-refractivity contribution < 1.29 is 9.53 Å². The Morgan fingerprint density at radius 3 is 2.51 bits per heavy atom. The minimum Gasteiger partial charge on any atom is -0.494 e. The van der Waals surface area contributed by atoms with Crippen LogP contribution in [0.2, 0.25) is 5.02 Å². The summed E-state index contributed by atoms with van der Waals surface area (Å²) in [5.41, 5.74) is 3.57. The van der Waals surface area contributed by atoms with Gasteiger partial charge in [0.05, 0.1) is 12.2 Å². The molecule has 1 unspecified atom stereocenters. The predicted molar refractivity (Wildman–Crippen MR) is 138 cm³/mol. The Labute approximate surface area is 208 Å². The van der Waals surface area contributed by atoms with Crippen LogP contribution in [-0.2, 0) is 4.79 Å². The Bertz CT molecular complexity index is 1400. The van der Waals surface area contributed by atoms with Crippen LogP contribution in [0.3, 0.4) is 0 Å². The number of carbonyl (C=O) groups is 1. The molecule has 0 aliphatic carbocycles. The molecule has 0 fully saturated rings. The second kappa shape index (κ2) is 9.64. The van der Waals surface area contributed by atoms with Gasteiger partial charge in [-0.05, 0) is 56.3 Å². The lowest BCUT2D eigenvalue weighted by Gasteiger charge is -2.29. The summed E-state index contributed by atoms with van der Waals surface area (Å²) in [4.78, 5) is 18.4. The van der Waals surface area contributed by atoms with Gasteiger partial charge in [0.25, 0.3) is 5.91 Å². The van der Waals surface area contributed by atoms with Crippen molar-refractivity contribution >= 4 is 29.1 Å². The van der Waals surface area contributed by atoms with Crippen LogP contribution in [0.4, 0.5) is 11.6 Å². The molecule has 0 saturated carbocycles. The standard InChI is InChI=1S/C27H24ClN5O2/c1-3-35-22-12-8-7-11-21(22)24-23(26(34)30-20-9-5-4-6-10-20)17(2)29-27-31-25(32-33(24)27)18-13-15-19(28)16-14-18/h4-16,24H,3H2,1-2H3,(H,30,34)(H,29,31,32). The molecular weight excluding hydrogens is 462 g/mol. The lowest BCUT2D eigenvalue weighted by Crippen LogP contribution is -2.31. The van der Waals surface area contributed by atoms with Crippen LogP contribution >= 0.6 is 11.6 Å². The third-order valence-corrected chi connectivity index (χ3v) is 6.00. The molecule has 5 rings (SSSR count). The first kappa shape index (κ1) is 22.7. The van der Waals surface area contributed by atoms with Gasteiger partial charge in [0, 0.05) is 27.5 Å². The third kappa shape index (κ3) is 4.50. The molecular formula is C27H24ClN5O2. The number of benzene rings is 3. The molecule has 1 aliphatic rings. The van der Waals surface area contributed by atoms with Crippen molar-refractivity contribution in [2.45, 2.75) is 19.9 Å². The van der Waals surface area contributed by atoms with Gasteiger partial charge < -0.3 is 15.4 Å². The summed E-state index contributed by atoms with van der Waals surface area (Å²) in [5.74, 6) is 1.53. The maximum Gasteiger partial charge on any atom is 0.255 e. The smallest absolute Gasteiger partial charge is 0.255 e. The zero-order valence-electron chi connectivity index (χ0n) is 19.3. The summed E-state index contributed by atoms with van der Waals surface area (Å²) in [6.07, 6.45) is 0. The van der Waals surface area contributed by atoms with Gasteiger partial charge in [0.15, 0.2) is 5.82 Å². The van der Waals surface area contributed by atoms with Crippen LogP contribution in [0, 0.1) is 0 Å². The van der Waals surface area contributed by atoms with Gasteiger partial charge in [0.2, 0.25) is 5.95 Å². The lowest BCUT2D eigenvalue weighted by molar-refractivity contribution is -0.113. The first-order chi connectivity index (χ1) is 17.0. The number of nitrogens with one attached hydrogen (secondary N) is 2. The quantitative estimate of drug-likeness (QED) is 0.354. The first-order valence-corrected chi connectivity index (χ1v) is 11.7. The molecule has 35 heavy (non-hydrogen) atoms. The van der Waals surface area contributed by atoms with E-state index >= 15 is 0 Å². The Morgan fingerprint density at radius 1 is 1.06 bits per heavy atom. The van der Waals surface area contributed by atoms with Crippen LogP contribution < -0.4 is 15.4 Å². The summed E-state index contributed by atoms with van der Waals surface area (Å²) in [6, 6.07) is 23.9. The molecule has 4 aromatic rings. The lowest BCUT2D eigenvalue weighted by atomic mass is 9.94. The zero-order valence-corrected chi connectivity index (χ0v) is 20.1. The number of rotatable bonds is 6. The second-order valence-corrected chi connectivity index (χ2v) is 8.50. The number of para-hydroxylation sites is 2. The molecule has 0 saturated heterocycles. The molecule has 3 aromatic carbocycles. The molecule has 0 spiro atoms. The van der Waals surface area contributed by atoms with E-state index in [0.717, 1.165) is 11.1 Å². The Balaban J connectivity index is 1.63. The second-order valence-electron chi connectivity index (χ2n) is 8.07. The van der Waals surface area contributed by atoms with Crippen molar-refractivity contribution in [2.75, 3.05) is 17.2 Å². The van der Waals surface area contributed by atoms with Crippen LogP contribution in [-0.4, -0.2) is 27.3 Å². The average molecular weight is 486 g/mol. The molecule has 1 atom stereocenters. The molecule has 1 amide bonds. The highest BCUT2D eigenvalue weighted by molar-refractivity contribution is 6.30. The highest BCUT2D eigenvalue weighted by Gasteiger charge is 2.36. The van der Waals surface area contributed by atoms with Crippen molar-refractivity contribution in [2.24, 2.45) is 0 Å². The highest BCUT2D eigenvalue weighted by atomic mass is 35.5. The molecule has 1 aromatic heterocycles. The molecule has 8 heteroatoms. The van der Waals surface area contributed by atoms with E-state index < -0.39 is 6.04 Å². The number of halogens is 1. The number of fused-ring (bicyclic) bond motifs is 1. The fourth-order valence-electron chi connectivity index (χ4n) is 4.17. The fraction of sp³-hybridized carbons (Fsp3) is 0.148. The molecule has 1 aliphatic heterocycles. The topological polar surface area (TPSA) is 81.1 Å². The van der Waals surface area contributed by atoms with E-state index in [2.05, 4.69) is 10.6 Å². The van der Waals surface area contributed by atoms with Crippen LogP contribution in [0.15, 0.2) is 90.1 Å². The SMILES string of the molecule is CCOc1ccccc1C1C(C(=O)Nc2ccccc2)=C(C)Nc2nc(-c3ccc(Cl)cc3)nn21. The minimum atomic E-state index is -0.550. The maximum absolute atomic E-state index is 13.6. The predicted octanol–water partition coefficient (Wildman–Crippen LogP) is 5.92. The van der Waals surface area contributed by atoms with Crippen molar-refractivity contribution in [3.63, 3.8) is 0 Å². The third-order valence-electron chi connectivity index (χ3n) is 5.74. The molecule has 2 N–H and O–H groups in total. The maximum atomic E-state index is 13.6. The summed E-state index contributed by atoms with van der Waals surface area (Å²) in [5, 5.41) is 11.7. The van der Waals surface area contributed by atoms with Crippen LogP contribution in [0.1, 0.15) is 25.5 Å². The number of aromatic nitrogens is 3. The molecule has 2 heterocycles. The number of anilines is 2. The molecule has 176 valence electrons. The number of ether oxygens (including phenoxy) is 1. The van der Waals surface area contributed by atoms with Gasteiger partial charge in [-0.2, -0.15) is 4.98 Å². The number of amides is 1. The molecule has 0 bridgehead atoms. The van der Waals surface area contributed by atoms with Crippen molar-refractivity contribution in [3.05, 3.63) is 101 Å². The van der Waals surface area contributed by atoms with Gasteiger partial charge in [0.1, 0.15) is 11.8 Å². The highest BCUT2D eigenvalue weighted by Crippen LogP contribution is 2.40. The van der Waals surface area contributed by atoms with Crippen molar-refractivity contribution in [3.8, 4) is 17.1 Å². The Hall–Kier alpha value is -4.10. The van der Waals surface area contributed by atoms with Gasteiger partial charge in [-0.1, -0.05) is 48.0 Å². The first-order valence-electron chi connectivity index (χ1n) is 11.3. The number of allylic oxidation sites excluding steroid dienone is 1. The van der Waals surface area contributed by atoms with Crippen molar-refractivity contribution in [1.82, 2.24) is 14.8 Å². The summed E-state index contributed by atoms with van der Waals surface area (Å²) in [7, 11) is 0. The minimum absolute atomic E-state index is 0.230. The van der Waals surface area contributed by atoms with E-state index in [0.29, 0.717) is 46.1 Å². The number of hydrogen-bond donors (Lipinski definition) is 2. The van der Waals surface area contributed by atoms with Crippen LogP contribution in [0.25, 0.3) is 11.4 Å². The van der Waals surface area contributed by atoms with E-state index in [4.69, 9.17) is 26.4 Å². The number of nitrogens with zero attached hydrogens (tertiary/aromatic N) is 3. The van der Waals surface area contributed by atoms with Gasteiger partial charge in [-0.25, -0.2) is 4.68 Å². The van der Waals surface area contributed by atoms with E-state index in [1.807, 2.05) is 80.6 Å².